The van der Waals surface area contributed by atoms with Crippen molar-refractivity contribution in [2.45, 2.75) is 23.3 Å². The molecule has 0 amide bonds. The van der Waals surface area contributed by atoms with Crippen LogP contribution < -0.4 is 0 Å². The van der Waals surface area contributed by atoms with E-state index in [1.165, 1.54) is 0 Å². The van der Waals surface area contributed by atoms with Crippen molar-refractivity contribution in [3.63, 3.8) is 0 Å². The van der Waals surface area contributed by atoms with Crippen LogP contribution in [0, 0.1) is 6.92 Å². The Kier molecular flexibility index (Phi) is 4.75. The molecule has 0 aromatic carbocycles. The highest BCUT2D eigenvalue weighted by Gasteiger charge is 2.85. The number of sulfonamides is 1. The first-order valence-electron chi connectivity index (χ1n) is 4.43. The fourth-order valence-electron chi connectivity index (χ4n) is 0.839. The Bertz CT molecular complexity index is 455. The number of hydrogen-bond donors (Lipinski definition) is 0. The summed E-state index contributed by atoms with van der Waals surface area (Å²) >= 11 is 0. The van der Waals surface area contributed by atoms with Gasteiger partial charge in [0.15, 0.2) is 0 Å². The SMILES string of the molecule is [CH2]CN(C)S(=O)(=O)C(F)(F)C(F)(F)C(F)(F)C(F)(F)F. The highest BCUT2D eigenvalue weighted by Crippen LogP contribution is 2.55. The molecule has 121 valence electrons. The van der Waals surface area contributed by atoms with Gasteiger partial charge in [-0.3, -0.25) is 0 Å². The zero-order chi connectivity index (χ0) is 16.8. The van der Waals surface area contributed by atoms with Gasteiger partial charge in [0.1, 0.15) is 0 Å². The van der Waals surface area contributed by atoms with E-state index in [1.54, 1.807) is 0 Å². The van der Waals surface area contributed by atoms with E-state index >= 15 is 0 Å². The van der Waals surface area contributed by atoms with Gasteiger partial charge in [-0.2, -0.15) is 43.8 Å². The van der Waals surface area contributed by atoms with Crippen LogP contribution in [0.15, 0.2) is 0 Å². The van der Waals surface area contributed by atoms with Crippen molar-refractivity contribution < 1.29 is 47.9 Å². The molecule has 0 saturated carbocycles. The Morgan fingerprint density at radius 3 is 1.50 bits per heavy atom. The molecule has 0 aromatic rings. The standard InChI is InChI=1S/C7H7F9NO2S/c1-3-17(2)20(18,19)7(15,16)5(10,11)4(8,9)6(12,13)14/h1,3H2,2H3. The van der Waals surface area contributed by atoms with Crippen molar-refractivity contribution in [2.75, 3.05) is 13.6 Å². The number of halogens is 9. The Morgan fingerprint density at radius 2 is 1.25 bits per heavy atom. The minimum atomic E-state index is -7.25. The summed E-state index contributed by atoms with van der Waals surface area (Å²) in [6, 6.07) is 0. The van der Waals surface area contributed by atoms with E-state index in [9.17, 15) is 47.9 Å². The van der Waals surface area contributed by atoms with E-state index in [0.29, 0.717) is 0 Å². The molecule has 0 heterocycles. The summed E-state index contributed by atoms with van der Waals surface area (Å²) in [5, 5.41) is -6.69. The van der Waals surface area contributed by atoms with E-state index in [1.807, 2.05) is 0 Å². The summed E-state index contributed by atoms with van der Waals surface area (Å²) in [7, 11) is -6.22. The van der Waals surface area contributed by atoms with Gasteiger partial charge in [0.2, 0.25) is 0 Å². The molecule has 0 rings (SSSR count). The Labute approximate surface area is 107 Å². The highest BCUT2D eigenvalue weighted by atomic mass is 32.2. The maximum Gasteiger partial charge on any atom is 0.460 e. The second-order valence-corrected chi connectivity index (χ2v) is 5.58. The van der Waals surface area contributed by atoms with Crippen LogP contribution in [-0.4, -0.2) is 49.6 Å². The Hall–Kier alpha value is -0.720. The van der Waals surface area contributed by atoms with Gasteiger partial charge < -0.3 is 0 Å². The van der Waals surface area contributed by atoms with E-state index in [4.69, 9.17) is 0 Å². The lowest BCUT2D eigenvalue weighted by atomic mass is 10.1. The van der Waals surface area contributed by atoms with Crippen LogP contribution in [0.1, 0.15) is 0 Å². The molecule has 0 aliphatic rings. The Balaban J connectivity index is 6.08. The first kappa shape index (κ1) is 19.3. The molecular weight excluding hydrogens is 333 g/mol. The second-order valence-electron chi connectivity index (χ2n) is 3.49. The van der Waals surface area contributed by atoms with Gasteiger partial charge in [0.05, 0.1) is 0 Å². The molecular formula is C7H7F9NO2S. The van der Waals surface area contributed by atoms with E-state index in [-0.39, 0.29) is 7.05 Å². The molecule has 20 heavy (non-hydrogen) atoms. The Morgan fingerprint density at radius 1 is 0.900 bits per heavy atom. The van der Waals surface area contributed by atoms with Gasteiger partial charge in [0, 0.05) is 13.6 Å². The van der Waals surface area contributed by atoms with Crippen LogP contribution >= 0.6 is 0 Å². The van der Waals surface area contributed by atoms with Crippen molar-refractivity contribution in [3.8, 4) is 0 Å². The van der Waals surface area contributed by atoms with Gasteiger partial charge in [0.25, 0.3) is 10.0 Å². The summed E-state index contributed by atoms with van der Waals surface area (Å²) < 4.78 is 133. The summed E-state index contributed by atoms with van der Waals surface area (Å²) in [6.07, 6.45) is -7.07. The zero-order valence-electron chi connectivity index (χ0n) is 9.49. The van der Waals surface area contributed by atoms with Crippen molar-refractivity contribution in [2.24, 2.45) is 0 Å². The first-order valence-corrected chi connectivity index (χ1v) is 5.87. The smallest absolute Gasteiger partial charge is 0.206 e. The first-order chi connectivity index (χ1) is 8.48. The monoisotopic (exact) mass is 340 g/mol. The third-order valence-corrected chi connectivity index (χ3v) is 4.07. The molecule has 0 atom stereocenters. The highest BCUT2D eigenvalue weighted by molar-refractivity contribution is 7.90. The summed E-state index contributed by atoms with van der Waals surface area (Å²) in [5.74, 6) is -14.5. The second kappa shape index (κ2) is 4.93. The molecule has 0 N–H and O–H groups in total. The molecule has 1 radical (unpaired) electrons. The fraction of sp³-hybridized carbons (Fsp3) is 0.857. The maximum atomic E-state index is 13.1. The van der Waals surface area contributed by atoms with Crippen LogP contribution in [0.4, 0.5) is 39.5 Å². The number of hydrogen-bond acceptors (Lipinski definition) is 2. The fourth-order valence-corrected chi connectivity index (χ4v) is 1.92. The maximum absolute atomic E-state index is 13.1. The summed E-state index contributed by atoms with van der Waals surface area (Å²) in [5.41, 5.74) is 0. The van der Waals surface area contributed by atoms with Crippen molar-refractivity contribution in [1.29, 1.82) is 0 Å². The van der Waals surface area contributed by atoms with Crippen LogP contribution in [0.5, 0.6) is 0 Å². The number of rotatable bonds is 5. The lowest BCUT2D eigenvalue weighted by Gasteiger charge is -2.34. The van der Waals surface area contributed by atoms with Crippen molar-refractivity contribution in [3.05, 3.63) is 6.92 Å². The molecule has 0 aromatic heterocycles. The third-order valence-electron chi connectivity index (χ3n) is 2.17. The minimum absolute atomic E-state index is 0.262. The summed E-state index contributed by atoms with van der Waals surface area (Å²) in [4.78, 5) is 0. The normalized spacial score (nSPS) is 15.8. The average Bonchev–Trinajstić information content (AvgIpc) is 2.25. The largest absolute Gasteiger partial charge is 0.460 e. The van der Waals surface area contributed by atoms with Gasteiger partial charge in [-0.15, -0.1) is 0 Å². The van der Waals surface area contributed by atoms with Crippen LogP contribution in [-0.2, 0) is 10.0 Å². The average molecular weight is 340 g/mol. The predicted octanol–water partition coefficient (Wildman–Crippen LogP) is 2.51. The van der Waals surface area contributed by atoms with E-state index < -0.39 is 44.1 Å². The van der Waals surface area contributed by atoms with Crippen molar-refractivity contribution in [1.82, 2.24) is 4.31 Å². The molecule has 3 nitrogen and oxygen atoms in total. The van der Waals surface area contributed by atoms with E-state index in [2.05, 4.69) is 6.92 Å². The van der Waals surface area contributed by atoms with Gasteiger partial charge in [-0.1, -0.05) is 0 Å². The van der Waals surface area contributed by atoms with Gasteiger partial charge >= 0.3 is 23.3 Å². The molecule has 0 aliphatic heterocycles. The molecule has 0 saturated heterocycles. The third kappa shape index (κ3) is 2.44. The molecule has 0 spiro atoms. The molecule has 13 heteroatoms. The number of alkyl halides is 9. The van der Waals surface area contributed by atoms with Crippen LogP contribution in [0.3, 0.4) is 0 Å². The zero-order valence-corrected chi connectivity index (χ0v) is 10.3. The topological polar surface area (TPSA) is 37.4 Å². The van der Waals surface area contributed by atoms with Gasteiger partial charge in [-0.25, -0.2) is 8.42 Å². The van der Waals surface area contributed by atoms with Gasteiger partial charge in [-0.05, 0) is 6.92 Å². The van der Waals surface area contributed by atoms with Crippen LogP contribution in [0.2, 0.25) is 0 Å². The van der Waals surface area contributed by atoms with Crippen molar-refractivity contribution >= 4 is 10.0 Å². The van der Waals surface area contributed by atoms with E-state index in [0.717, 1.165) is 0 Å². The lowest BCUT2D eigenvalue weighted by molar-refractivity contribution is -0.382. The predicted molar refractivity (Wildman–Crippen MR) is 47.8 cm³/mol. The minimum Gasteiger partial charge on any atom is -0.206 e. The number of nitrogens with zero attached hydrogens (tertiary/aromatic N) is 1. The van der Waals surface area contributed by atoms with Crippen LogP contribution in [0.25, 0.3) is 0 Å². The molecule has 0 bridgehead atoms. The molecule has 0 fully saturated rings. The molecule has 0 aliphatic carbocycles. The molecule has 0 unspecified atom stereocenters. The lowest BCUT2D eigenvalue weighted by Crippen LogP contribution is -2.65. The quantitative estimate of drug-likeness (QED) is 0.721. The summed E-state index contributed by atoms with van der Waals surface area (Å²) in [6.45, 7) is 1.63.